The summed E-state index contributed by atoms with van der Waals surface area (Å²) in [5, 5.41) is 11.0. The summed E-state index contributed by atoms with van der Waals surface area (Å²) in [6, 6.07) is 8.50. The lowest BCUT2D eigenvalue weighted by Gasteiger charge is -2.39. The molecule has 2 aromatic heterocycles. The van der Waals surface area contributed by atoms with Crippen molar-refractivity contribution in [2.24, 2.45) is 18.9 Å². The molecule has 1 aliphatic heterocycles. The summed E-state index contributed by atoms with van der Waals surface area (Å²) in [6.07, 6.45) is 3.98. The number of carbonyl (C=O) groups excluding carboxylic acids is 1. The largest absolute Gasteiger partial charge is 0.356 e. The molecule has 0 unspecified atom stereocenters. The summed E-state index contributed by atoms with van der Waals surface area (Å²) in [4.78, 5) is 13.2. The Morgan fingerprint density at radius 1 is 1.19 bits per heavy atom. The van der Waals surface area contributed by atoms with E-state index in [0.29, 0.717) is 29.3 Å². The molecule has 0 spiro atoms. The Balaban J connectivity index is 1.28. The summed E-state index contributed by atoms with van der Waals surface area (Å²) in [5.41, 5.74) is 1.86. The van der Waals surface area contributed by atoms with Gasteiger partial charge in [0.1, 0.15) is 0 Å². The van der Waals surface area contributed by atoms with E-state index in [-0.39, 0.29) is 29.5 Å². The second kappa shape index (κ2) is 7.31. The van der Waals surface area contributed by atoms with Crippen LogP contribution in [0.25, 0.3) is 11.3 Å². The van der Waals surface area contributed by atoms with Gasteiger partial charge in [-0.15, -0.1) is 0 Å². The van der Waals surface area contributed by atoms with E-state index >= 15 is 0 Å². The predicted octanol–water partition coefficient (Wildman–Crippen LogP) is 1.82. The van der Waals surface area contributed by atoms with Gasteiger partial charge in [-0.1, -0.05) is 22.9 Å². The van der Waals surface area contributed by atoms with E-state index in [2.05, 4.69) is 15.6 Å². The maximum absolute atomic E-state index is 13.0. The zero-order valence-corrected chi connectivity index (χ0v) is 18.0. The van der Waals surface area contributed by atoms with Gasteiger partial charge in [-0.2, -0.15) is 9.40 Å². The Morgan fingerprint density at radius 3 is 2.68 bits per heavy atom. The van der Waals surface area contributed by atoms with Gasteiger partial charge in [0.05, 0.1) is 16.7 Å². The van der Waals surface area contributed by atoms with Crippen molar-refractivity contribution in [1.29, 1.82) is 0 Å². The topological polar surface area (TPSA) is 110 Å². The SMILES string of the molecule is Cc1ccc(S(=O)(=O)N2C[C@H]3C[C@H](NC(=O)c4nn(C)cc4-c4ccno4)[C@H]3C2)cc1. The Morgan fingerprint density at radius 2 is 1.97 bits per heavy atom. The minimum atomic E-state index is -3.53. The first-order valence-electron chi connectivity index (χ1n) is 10.2. The number of carbonyl (C=O) groups is 1. The van der Waals surface area contributed by atoms with Gasteiger partial charge in [0.25, 0.3) is 5.91 Å². The van der Waals surface area contributed by atoms with E-state index in [4.69, 9.17) is 4.52 Å². The summed E-state index contributed by atoms with van der Waals surface area (Å²) < 4.78 is 34.3. The van der Waals surface area contributed by atoms with E-state index in [9.17, 15) is 13.2 Å². The first-order valence-corrected chi connectivity index (χ1v) is 11.6. The number of nitrogens with zero attached hydrogens (tertiary/aromatic N) is 4. The molecule has 9 nitrogen and oxygen atoms in total. The van der Waals surface area contributed by atoms with E-state index in [1.54, 1.807) is 52.6 Å². The van der Waals surface area contributed by atoms with Crippen LogP contribution in [0.15, 0.2) is 52.1 Å². The Bertz CT molecular complexity index is 1220. The fourth-order valence-electron chi connectivity index (χ4n) is 4.52. The second-order valence-corrected chi connectivity index (χ2v) is 10.3. The lowest BCUT2D eigenvalue weighted by atomic mass is 9.71. The second-order valence-electron chi connectivity index (χ2n) is 8.32. The molecule has 0 radical (unpaired) electrons. The van der Waals surface area contributed by atoms with Crippen molar-refractivity contribution < 1.29 is 17.7 Å². The minimum absolute atomic E-state index is 0.0831. The number of aromatic nitrogens is 3. The summed E-state index contributed by atoms with van der Waals surface area (Å²) >= 11 is 0. The van der Waals surface area contributed by atoms with Crippen molar-refractivity contribution in [2.75, 3.05) is 13.1 Å². The molecule has 1 aromatic carbocycles. The third-order valence-electron chi connectivity index (χ3n) is 6.25. The van der Waals surface area contributed by atoms with Crippen molar-refractivity contribution in [1.82, 2.24) is 24.6 Å². The minimum Gasteiger partial charge on any atom is -0.356 e. The number of hydrogen-bond acceptors (Lipinski definition) is 6. The van der Waals surface area contributed by atoms with Crippen LogP contribution in [-0.2, 0) is 17.1 Å². The zero-order chi connectivity index (χ0) is 21.8. The van der Waals surface area contributed by atoms with Gasteiger partial charge in [0, 0.05) is 38.4 Å². The van der Waals surface area contributed by atoms with Crippen LogP contribution in [0.1, 0.15) is 22.5 Å². The molecule has 10 heteroatoms. The number of benzene rings is 1. The van der Waals surface area contributed by atoms with Crippen LogP contribution in [-0.4, -0.2) is 52.7 Å². The highest BCUT2D eigenvalue weighted by molar-refractivity contribution is 7.89. The van der Waals surface area contributed by atoms with E-state index in [1.165, 1.54) is 6.20 Å². The van der Waals surface area contributed by atoms with Crippen molar-refractivity contribution in [3.8, 4) is 11.3 Å². The first-order chi connectivity index (χ1) is 14.8. The Labute approximate surface area is 180 Å². The average Bonchev–Trinajstić information content (AvgIpc) is 3.45. The van der Waals surface area contributed by atoms with Gasteiger partial charge < -0.3 is 9.84 Å². The Kier molecular flexibility index (Phi) is 4.71. The molecular weight excluding hydrogens is 418 g/mol. The van der Waals surface area contributed by atoms with Crippen molar-refractivity contribution in [3.63, 3.8) is 0 Å². The lowest BCUT2D eigenvalue weighted by Crippen LogP contribution is -2.52. The maximum Gasteiger partial charge on any atom is 0.272 e. The molecule has 31 heavy (non-hydrogen) atoms. The summed E-state index contributed by atoms with van der Waals surface area (Å²) in [7, 11) is -1.80. The van der Waals surface area contributed by atoms with Gasteiger partial charge in [0.2, 0.25) is 10.0 Å². The van der Waals surface area contributed by atoms with Gasteiger partial charge >= 0.3 is 0 Å². The van der Waals surface area contributed by atoms with Gasteiger partial charge in [-0.05, 0) is 37.3 Å². The molecule has 1 aliphatic carbocycles. The highest BCUT2D eigenvalue weighted by Crippen LogP contribution is 2.43. The molecule has 162 valence electrons. The predicted molar refractivity (Wildman–Crippen MR) is 111 cm³/mol. The molecule has 3 atom stereocenters. The lowest BCUT2D eigenvalue weighted by molar-refractivity contribution is 0.0827. The smallest absolute Gasteiger partial charge is 0.272 e. The molecule has 1 N–H and O–H groups in total. The summed E-state index contributed by atoms with van der Waals surface area (Å²) in [5.74, 6) is 0.529. The zero-order valence-electron chi connectivity index (χ0n) is 17.2. The van der Waals surface area contributed by atoms with Crippen molar-refractivity contribution >= 4 is 15.9 Å². The molecule has 3 aromatic rings. The highest BCUT2D eigenvalue weighted by atomic mass is 32.2. The fourth-order valence-corrected chi connectivity index (χ4v) is 6.05. The maximum atomic E-state index is 13.0. The van der Waals surface area contributed by atoms with Gasteiger partial charge in [-0.25, -0.2) is 8.42 Å². The number of fused-ring (bicyclic) bond motifs is 1. The van der Waals surface area contributed by atoms with Crippen LogP contribution in [0, 0.1) is 18.8 Å². The summed E-state index contributed by atoms with van der Waals surface area (Å²) in [6.45, 7) is 2.82. The van der Waals surface area contributed by atoms with Crippen LogP contribution >= 0.6 is 0 Å². The average molecular weight is 442 g/mol. The van der Waals surface area contributed by atoms with Crippen LogP contribution in [0.5, 0.6) is 0 Å². The molecule has 5 rings (SSSR count). The van der Waals surface area contributed by atoms with Crippen LogP contribution in [0.3, 0.4) is 0 Å². The van der Waals surface area contributed by atoms with Gasteiger partial charge in [-0.3, -0.25) is 9.48 Å². The molecule has 1 saturated heterocycles. The van der Waals surface area contributed by atoms with Crippen molar-refractivity contribution in [3.05, 3.63) is 54.0 Å². The number of nitrogens with one attached hydrogen (secondary N) is 1. The molecule has 0 bridgehead atoms. The molecular formula is C21H23N5O4S. The first kappa shape index (κ1) is 20.0. The number of sulfonamides is 1. The molecule has 1 saturated carbocycles. The number of aryl methyl sites for hydroxylation is 2. The van der Waals surface area contributed by atoms with Crippen molar-refractivity contribution in [2.45, 2.75) is 24.3 Å². The third-order valence-corrected chi connectivity index (χ3v) is 8.10. The van der Waals surface area contributed by atoms with E-state index in [0.717, 1.165) is 12.0 Å². The molecule has 2 fully saturated rings. The Hall–Kier alpha value is -2.98. The van der Waals surface area contributed by atoms with E-state index < -0.39 is 10.0 Å². The molecule has 3 heterocycles. The van der Waals surface area contributed by atoms with Crippen LogP contribution in [0.4, 0.5) is 0 Å². The number of rotatable bonds is 5. The number of hydrogen-bond donors (Lipinski definition) is 1. The third kappa shape index (κ3) is 3.45. The van der Waals surface area contributed by atoms with Crippen LogP contribution < -0.4 is 5.32 Å². The quantitative estimate of drug-likeness (QED) is 0.647. The fraction of sp³-hybridized carbons (Fsp3) is 0.381. The highest BCUT2D eigenvalue weighted by Gasteiger charge is 2.50. The van der Waals surface area contributed by atoms with Crippen LogP contribution in [0.2, 0.25) is 0 Å². The monoisotopic (exact) mass is 441 g/mol. The number of amides is 1. The standard InChI is InChI=1S/C21H23N5O4S/c1-13-3-5-15(6-4-13)31(28,29)26-10-14-9-18(16(14)12-26)23-21(27)20-17(11-25(2)24-20)19-7-8-22-30-19/h3-8,11,14,16,18H,9-10,12H2,1-2H3,(H,23,27)/t14-,16+,18+/m1/s1. The molecule has 1 amide bonds. The molecule has 2 aliphatic rings. The van der Waals surface area contributed by atoms with E-state index in [1.807, 2.05) is 6.92 Å². The normalized spacial score (nSPS) is 23.4. The van der Waals surface area contributed by atoms with Gasteiger partial charge in [0.15, 0.2) is 11.5 Å².